The lowest BCUT2D eigenvalue weighted by atomic mass is 10.1. The van der Waals surface area contributed by atoms with Crippen LogP contribution in [0.2, 0.25) is 0 Å². The molecule has 1 saturated carbocycles. The predicted octanol–water partition coefficient (Wildman–Crippen LogP) is 3.37. The van der Waals surface area contributed by atoms with Crippen LogP contribution in [0.1, 0.15) is 44.6 Å². The molecule has 13 heteroatoms. The number of rotatable bonds is 12. The highest BCUT2D eigenvalue weighted by atomic mass is 32.2. The summed E-state index contributed by atoms with van der Waals surface area (Å²) < 4.78 is 45.2. The lowest BCUT2D eigenvalue weighted by Crippen LogP contribution is -2.53. The topological polar surface area (TPSA) is 139 Å². The molecule has 2 aromatic carbocycles. The number of benzene rings is 2. The van der Waals surface area contributed by atoms with Crippen molar-refractivity contribution in [1.82, 2.24) is 10.2 Å². The van der Waals surface area contributed by atoms with E-state index >= 15 is 0 Å². The number of methoxy groups -OCH3 is 1. The van der Waals surface area contributed by atoms with Gasteiger partial charge < -0.3 is 15.0 Å². The number of non-ortho nitro benzene ring substituents is 1. The molecule has 1 aliphatic rings. The van der Waals surface area contributed by atoms with Crippen LogP contribution in [-0.4, -0.2) is 62.0 Å². The summed E-state index contributed by atoms with van der Waals surface area (Å²) in [6.45, 7) is 0.909. The maximum atomic E-state index is 13.8. The van der Waals surface area contributed by atoms with Crippen LogP contribution in [0.4, 0.5) is 15.8 Å². The first-order valence-electron chi connectivity index (χ1n) is 12.6. The molecule has 11 nitrogen and oxygen atoms in total. The molecule has 39 heavy (non-hydrogen) atoms. The third-order valence-corrected chi connectivity index (χ3v) is 7.80. The minimum Gasteiger partial charge on any atom is -0.495 e. The molecule has 0 bridgehead atoms. The van der Waals surface area contributed by atoms with Gasteiger partial charge >= 0.3 is 0 Å². The van der Waals surface area contributed by atoms with E-state index in [0.717, 1.165) is 48.4 Å². The second kappa shape index (κ2) is 12.9. The van der Waals surface area contributed by atoms with Gasteiger partial charge in [0.1, 0.15) is 29.8 Å². The maximum absolute atomic E-state index is 13.8. The Kier molecular flexibility index (Phi) is 9.84. The fourth-order valence-corrected chi connectivity index (χ4v) is 5.50. The standard InChI is InChI=1S/C26H33FN4O7S/c1-4-22(26(33)28-20-7-5-6-8-20)29(16-18-9-11-19(27)12-10-18)25(32)17-30(39(3,36)37)23-15-21(31(34)35)13-14-24(23)38-2/h9-15,20,22H,4-8,16-17H2,1-3H3,(H,28,33)/t22-/m1/s1. The fraction of sp³-hybridized carbons (Fsp3) is 0.462. The Labute approximate surface area is 227 Å². The van der Waals surface area contributed by atoms with Gasteiger partial charge in [0.15, 0.2) is 0 Å². The van der Waals surface area contributed by atoms with Gasteiger partial charge in [-0.3, -0.25) is 24.0 Å². The summed E-state index contributed by atoms with van der Waals surface area (Å²) in [6.07, 6.45) is 4.77. The highest BCUT2D eigenvalue weighted by Crippen LogP contribution is 2.34. The fourth-order valence-electron chi connectivity index (χ4n) is 4.66. The maximum Gasteiger partial charge on any atom is 0.271 e. The normalized spacial score (nSPS) is 14.5. The Morgan fingerprint density at radius 3 is 2.36 bits per heavy atom. The van der Waals surface area contributed by atoms with Crippen molar-refractivity contribution in [3.63, 3.8) is 0 Å². The van der Waals surface area contributed by atoms with Gasteiger partial charge in [0.25, 0.3) is 5.69 Å². The van der Waals surface area contributed by atoms with Crippen LogP contribution in [0.25, 0.3) is 0 Å². The van der Waals surface area contributed by atoms with Gasteiger partial charge in [-0.1, -0.05) is 31.9 Å². The van der Waals surface area contributed by atoms with Crippen molar-refractivity contribution in [3.8, 4) is 5.75 Å². The molecule has 1 aliphatic carbocycles. The molecule has 0 unspecified atom stereocenters. The Hall–Kier alpha value is -3.74. The SMILES string of the molecule is CC[C@H](C(=O)NC1CCCC1)N(Cc1ccc(F)cc1)C(=O)CN(c1cc([N+](=O)[O-])ccc1OC)S(C)(=O)=O. The van der Waals surface area contributed by atoms with E-state index in [-0.39, 0.29) is 36.4 Å². The zero-order chi connectivity index (χ0) is 28.7. The zero-order valence-electron chi connectivity index (χ0n) is 22.1. The van der Waals surface area contributed by atoms with Crippen molar-refractivity contribution in [3.05, 3.63) is 64.0 Å². The van der Waals surface area contributed by atoms with E-state index in [1.807, 2.05) is 0 Å². The quantitative estimate of drug-likeness (QED) is 0.308. The number of anilines is 1. The third kappa shape index (κ3) is 7.65. The molecule has 0 radical (unpaired) electrons. The number of nitro groups is 1. The van der Waals surface area contributed by atoms with Crippen molar-refractivity contribution in [2.45, 2.75) is 57.7 Å². The molecule has 1 fully saturated rings. The number of hydrogen-bond donors (Lipinski definition) is 1. The van der Waals surface area contributed by atoms with Crippen LogP contribution in [0, 0.1) is 15.9 Å². The van der Waals surface area contributed by atoms with E-state index in [2.05, 4.69) is 5.32 Å². The Morgan fingerprint density at radius 1 is 1.18 bits per heavy atom. The van der Waals surface area contributed by atoms with E-state index in [9.17, 15) is 32.5 Å². The molecule has 0 heterocycles. The van der Waals surface area contributed by atoms with E-state index in [4.69, 9.17) is 4.74 Å². The number of nitro benzene ring substituents is 1. The molecule has 2 amide bonds. The number of halogens is 1. The molecule has 0 aliphatic heterocycles. The van der Waals surface area contributed by atoms with Gasteiger partial charge in [-0.25, -0.2) is 12.8 Å². The minimum absolute atomic E-state index is 0.00373. The number of amides is 2. The van der Waals surface area contributed by atoms with E-state index in [1.165, 1.54) is 42.3 Å². The van der Waals surface area contributed by atoms with Crippen LogP contribution in [0.15, 0.2) is 42.5 Å². The molecule has 3 rings (SSSR count). The molecule has 1 atom stereocenters. The van der Waals surface area contributed by atoms with Crippen LogP contribution in [0.3, 0.4) is 0 Å². The number of nitrogens with one attached hydrogen (secondary N) is 1. The highest BCUT2D eigenvalue weighted by Gasteiger charge is 2.34. The zero-order valence-corrected chi connectivity index (χ0v) is 22.9. The number of carbonyl (C=O) groups excluding carboxylic acids is 2. The summed E-state index contributed by atoms with van der Waals surface area (Å²) in [5.74, 6) is -1.54. The van der Waals surface area contributed by atoms with E-state index in [1.54, 1.807) is 6.92 Å². The first-order chi connectivity index (χ1) is 18.4. The monoisotopic (exact) mass is 564 g/mol. The molecule has 0 aromatic heterocycles. The van der Waals surface area contributed by atoms with Crippen LogP contribution >= 0.6 is 0 Å². The first-order valence-corrected chi connectivity index (χ1v) is 14.4. The number of ether oxygens (including phenoxy) is 1. The number of hydrogen-bond acceptors (Lipinski definition) is 7. The molecule has 0 spiro atoms. The third-order valence-electron chi connectivity index (χ3n) is 6.67. The van der Waals surface area contributed by atoms with Crippen LogP contribution in [-0.2, 0) is 26.2 Å². The summed E-state index contributed by atoms with van der Waals surface area (Å²) >= 11 is 0. The van der Waals surface area contributed by atoms with Crippen LogP contribution < -0.4 is 14.4 Å². The van der Waals surface area contributed by atoms with Crippen molar-refractivity contribution < 1.29 is 32.1 Å². The highest BCUT2D eigenvalue weighted by molar-refractivity contribution is 7.92. The average Bonchev–Trinajstić information content (AvgIpc) is 3.40. The van der Waals surface area contributed by atoms with Gasteiger partial charge in [-0.05, 0) is 43.0 Å². The Bertz CT molecular complexity index is 1300. The van der Waals surface area contributed by atoms with Gasteiger partial charge in [0, 0.05) is 24.7 Å². The number of nitrogens with zero attached hydrogens (tertiary/aromatic N) is 3. The van der Waals surface area contributed by atoms with Gasteiger partial charge in [-0.2, -0.15) is 0 Å². The summed E-state index contributed by atoms with van der Waals surface area (Å²) in [5.41, 5.74) is -0.0408. The molecule has 1 N–H and O–H groups in total. The number of carbonyl (C=O) groups is 2. The Balaban J connectivity index is 2.00. The average molecular weight is 565 g/mol. The summed E-state index contributed by atoms with van der Waals surface area (Å²) in [5, 5.41) is 14.4. The van der Waals surface area contributed by atoms with E-state index in [0.29, 0.717) is 5.56 Å². The first kappa shape index (κ1) is 29.8. The smallest absolute Gasteiger partial charge is 0.271 e. The Morgan fingerprint density at radius 2 is 1.82 bits per heavy atom. The largest absolute Gasteiger partial charge is 0.495 e. The second-order valence-electron chi connectivity index (χ2n) is 9.45. The second-order valence-corrected chi connectivity index (χ2v) is 11.4. The summed E-state index contributed by atoms with van der Waals surface area (Å²) in [7, 11) is -2.87. The van der Waals surface area contributed by atoms with Crippen molar-refractivity contribution in [2.75, 3.05) is 24.2 Å². The van der Waals surface area contributed by atoms with Crippen molar-refractivity contribution in [2.24, 2.45) is 0 Å². The molecular weight excluding hydrogens is 531 g/mol. The summed E-state index contributed by atoms with van der Waals surface area (Å²) in [6, 6.07) is 7.91. The van der Waals surface area contributed by atoms with Gasteiger partial charge in [-0.15, -0.1) is 0 Å². The van der Waals surface area contributed by atoms with Gasteiger partial charge in [0.05, 0.1) is 18.3 Å². The molecule has 212 valence electrons. The van der Waals surface area contributed by atoms with Gasteiger partial charge in [0.2, 0.25) is 21.8 Å². The molecular formula is C26H33FN4O7S. The van der Waals surface area contributed by atoms with Crippen LogP contribution in [0.5, 0.6) is 5.75 Å². The predicted molar refractivity (Wildman–Crippen MR) is 143 cm³/mol. The summed E-state index contributed by atoms with van der Waals surface area (Å²) in [4.78, 5) is 39.1. The lowest BCUT2D eigenvalue weighted by Gasteiger charge is -2.33. The molecule has 2 aromatic rings. The minimum atomic E-state index is -4.14. The van der Waals surface area contributed by atoms with Crippen molar-refractivity contribution >= 4 is 33.2 Å². The van der Waals surface area contributed by atoms with Crippen molar-refractivity contribution in [1.29, 1.82) is 0 Å². The lowest BCUT2D eigenvalue weighted by molar-refractivity contribution is -0.384. The van der Waals surface area contributed by atoms with E-state index < -0.39 is 44.9 Å². The molecule has 0 saturated heterocycles. The number of sulfonamides is 1.